The maximum Gasteiger partial charge on any atom is 0.309 e. The van der Waals surface area contributed by atoms with Gasteiger partial charge in [-0.05, 0) is 92.8 Å². The molecular formula is C21H34O4. The quantitative estimate of drug-likeness (QED) is 0.677. The molecule has 0 aromatic carbocycles. The lowest BCUT2D eigenvalue weighted by atomic mass is 9.43. The summed E-state index contributed by atoms with van der Waals surface area (Å²) in [6.45, 7) is 6.63. The predicted molar refractivity (Wildman–Crippen MR) is 94.9 cm³/mol. The first-order valence-corrected chi connectivity index (χ1v) is 10.2. The summed E-state index contributed by atoms with van der Waals surface area (Å²) in [6, 6.07) is 0. The van der Waals surface area contributed by atoms with Gasteiger partial charge >= 0.3 is 5.97 Å². The highest BCUT2D eigenvalue weighted by Crippen LogP contribution is 2.68. The van der Waals surface area contributed by atoms with Crippen LogP contribution in [0.5, 0.6) is 0 Å². The molecule has 25 heavy (non-hydrogen) atoms. The van der Waals surface area contributed by atoms with Crippen molar-refractivity contribution in [2.24, 2.45) is 40.4 Å². The van der Waals surface area contributed by atoms with E-state index in [9.17, 15) is 20.1 Å². The Morgan fingerprint density at radius 1 is 1.00 bits per heavy atom. The second-order valence-electron chi connectivity index (χ2n) is 10.4. The van der Waals surface area contributed by atoms with Crippen molar-refractivity contribution in [2.45, 2.75) is 83.8 Å². The van der Waals surface area contributed by atoms with Gasteiger partial charge in [-0.25, -0.2) is 0 Å². The normalized spacial score (nSPS) is 58.1. The molecule has 0 aromatic heterocycles. The molecule has 0 aliphatic heterocycles. The zero-order chi connectivity index (χ0) is 18.2. The molecule has 0 amide bonds. The van der Waals surface area contributed by atoms with Crippen molar-refractivity contribution in [1.29, 1.82) is 0 Å². The monoisotopic (exact) mass is 350 g/mol. The third kappa shape index (κ3) is 2.29. The van der Waals surface area contributed by atoms with Crippen LogP contribution in [0.1, 0.15) is 72.1 Å². The van der Waals surface area contributed by atoms with Gasteiger partial charge in [0.05, 0.1) is 17.6 Å². The van der Waals surface area contributed by atoms with E-state index in [1.54, 1.807) is 0 Å². The van der Waals surface area contributed by atoms with Gasteiger partial charge in [-0.2, -0.15) is 0 Å². The Kier molecular flexibility index (Phi) is 3.88. The number of carbonyl (C=O) groups is 1. The number of rotatable bonds is 1. The third-order valence-corrected chi connectivity index (χ3v) is 9.59. The van der Waals surface area contributed by atoms with Crippen LogP contribution >= 0.6 is 0 Å². The van der Waals surface area contributed by atoms with Crippen LogP contribution in [0.15, 0.2) is 0 Å². The van der Waals surface area contributed by atoms with Crippen LogP contribution in [0.4, 0.5) is 0 Å². The second kappa shape index (κ2) is 5.45. The molecule has 4 fully saturated rings. The van der Waals surface area contributed by atoms with Crippen molar-refractivity contribution in [2.75, 3.05) is 0 Å². The van der Waals surface area contributed by atoms with Gasteiger partial charge in [-0.1, -0.05) is 13.8 Å². The zero-order valence-corrected chi connectivity index (χ0v) is 15.9. The van der Waals surface area contributed by atoms with E-state index in [1.165, 1.54) is 6.42 Å². The minimum Gasteiger partial charge on any atom is -0.481 e. The largest absolute Gasteiger partial charge is 0.481 e. The van der Waals surface area contributed by atoms with Gasteiger partial charge in [0.1, 0.15) is 0 Å². The fourth-order valence-electron chi connectivity index (χ4n) is 7.80. The minimum absolute atomic E-state index is 0.0117. The maximum atomic E-state index is 11.7. The molecule has 9 atom stereocenters. The molecule has 0 saturated heterocycles. The van der Waals surface area contributed by atoms with Gasteiger partial charge in [0.15, 0.2) is 0 Å². The topological polar surface area (TPSA) is 77.8 Å². The number of carboxylic acid groups (broad SMARTS) is 1. The number of hydrogen-bond donors (Lipinski definition) is 3. The van der Waals surface area contributed by atoms with E-state index < -0.39 is 23.6 Å². The van der Waals surface area contributed by atoms with Crippen LogP contribution in [0.25, 0.3) is 0 Å². The fraction of sp³-hybridized carbons (Fsp3) is 0.952. The first-order valence-electron chi connectivity index (χ1n) is 10.2. The summed E-state index contributed by atoms with van der Waals surface area (Å²) in [4.78, 5) is 11.7. The summed E-state index contributed by atoms with van der Waals surface area (Å²) in [7, 11) is 0. The van der Waals surface area contributed by atoms with Crippen molar-refractivity contribution in [3.63, 3.8) is 0 Å². The predicted octanol–water partition coefficient (Wildman–Crippen LogP) is 3.45. The van der Waals surface area contributed by atoms with E-state index in [2.05, 4.69) is 13.8 Å². The van der Waals surface area contributed by atoms with E-state index in [-0.39, 0.29) is 10.8 Å². The molecule has 4 aliphatic carbocycles. The van der Waals surface area contributed by atoms with Crippen molar-refractivity contribution < 1.29 is 20.1 Å². The summed E-state index contributed by atoms with van der Waals surface area (Å²) < 4.78 is 0. The number of carboxylic acids is 1. The summed E-state index contributed by atoms with van der Waals surface area (Å²) >= 11 is 0. The van der Waals surface area contributed by atoms with E-state index >= 15 is 0 Å². The molecule has 0 aromatic rings. The van der Waals surface area contributed by atoms with Gasteiger partial charge in [0, 0.05) is 0 Å². The van der Waals surface area contributed by atoms with Crippen molar-refractivity contribution >= 4 is 5.97 Å². The lowest BCUT2D eigenvalue weighted by Gasteiger charge is -2.62. The molecule has 0 bridgehead atoms. The van der Waals surface area contributed by atoms with Crippen molar-refractivity contribution in [3.8, 4) is 0 Å². The molecule has 142 valence electrons. The summed E-state index contributed by atoms with van der Waals surface area (Å²) in [6.07, 6.45) is 7.03. The van der Waals surface area contributed by atoms with Crippen LogP contribution in [0.3, 0.4) is 0 Å². The van der Waals surface area contributed by atoms with Crippen molar-refractivity contribution in [3.05, 3.63) is 0 Å². The highest BCUT2D eigenvalue weighted by atomic mass is 16.4. The van der Waals surface area contributed by atoms with E-state index in [4.69, 9.17) is 0 Å². The van der Waals surface area contributed by atoms with Gasteiger partial charge in [-0.15, -0.1) is 0 Å². The molecule has 4 nitrogen and oxygen atoms in total. The van der Waals surface area contributed by atoms with Gasteiger partial charge in [0.2, 0.25) is 0 Å². The first-order chi connectivity index (χ1) is 11.6. The minimum atomic E-state index is -0.834. The number of fused-ring (bicyclic) bond motifs is 5. The van der Waals surface area contributed by atoms with E-state index in [0.29, 0.717) is 36.5 Å². The summed E-state index contributed by atoms with van der Waals surface area (Å²) in [5, 5.41) is 30.9. The Morgan fingerprint density at radius 2 is 1.68 bits per heavy atom. The molecule has 3 N–H and O–H groups in total. The SMILES string of the molecule is C[C@]12C[C@H](C(=O)O)[C@@H](O)C[C@@H]1CC[C@@H]1[C@@H]2CC[C@@]2(C)[C@H]1CC[C@]2(C)O. The number of hydrogen-bond acceptors (Lipinski definition) is 3. The van der Waals surface area contributed by atoms with E-state index in [0.717, 1.165) is 32.1 Å². The number of aliphatic carboxylic acids is 1. The number of aliphatic hydroxyl groups is 2. The van der Waals surface area contributed by atoms with Gasteiger partial charge < -0.3 is 15.3 Å². The molecule has 0 radical (unpaired) electrons. The standard InChI is InChI=1S/C21H34O4/c1-19-11-14(18(23)24)17(22)10-12(19)4-5-13-15(19)6-8-20(2)16(13)7-9-21(20,3)25/h12-17,22,25H,4-11H2,1-3H3,(H,23,24)/t12-,13+,14-,15-,16-,17-,19-,20-,21-/m0/s1. The lowest BCUT2D eigenvalue weighted by Crippen LogP contribution is -2.58. The fourth-order valence-corrected chi connectivity index (χ4v) is 7.80. The molecule has 0 spiro atoms. The zero-order valence-electron chi connectivity index (χ0n) is 15.9. The highest BCUT2D eigenvalue weighted by Gasteiger charge is 2.64. The first kappa shape index (κ1) is 17.8. The van der Waals surface area contributed by atoms with Crippen LogP contribution in [-0.2, 0) is 4.79 Å². The Bertz CT molecular complexity index is 572. The Hall–Kier alpha value is -0.610. The molecule has 4 rings (SSSR count). The highest BCUT2D eigenvalue weighted by molar-refractivity contribution is 5.71. The van der Waals surface area contributed by atoms with Gasteiger partial charge in [-0.3, -0.25) is 4.79 Å². The summed E-state index contributed by atoms with van der Waals surface area (Å²) in [5.74, 6) is 0.727. The third-order valence-electron chi connectivity index (χ3n) is 9.59. The van der Waals surface area contributed by atoms with E-state index in [1.807, 2.05) is 6.92 Å². The second-order valence-corrected chi connectivity index (χ2v) is 10.4. The Labute approximate surface area is 151 Å². The Balaban J connectivity index is 1.65. The maximum absolute atomic E-state index is 11.7. The van der Waals surface area contributed by atoms with Crippen molar-refractivity contribution in [1.82, 2.24) is 0 Å². The molecular weight excluding hydrogens is 316 g/mol. The molecule has 4 saturated carbocycles. The average Bonchev–Trinajstić information content (AvgIpc) is 2.77. The van der Waals surface area contributed by atoms with Crippen LogP contribution in [0.2, 0.25) is 0 Å². The van der Waals surface area contributed by atoms with Gasteiger partial charge in [0.25, 0.3) is 0 Å². The van der Waals surface area contributed by atoms with Crippen LogP contribution in [0, 0.1) is 40.4 Å². The Morgan fingerprint density at radius 3 is 2.36 bits per heavy atom. The molecule has 0 heterocycles. The van der Waals surface area contributed by atoms with Crippen LogP contribution < -0.4 is 0 Å². The lowest BCUT2D eigenvalue weighted by molar-refractivity contribution is -0.175. The molecule has 0 unspecified atom stereocenters. The molecule has 4 aliphatic rings. The smallest absolute Gasteiger partial charge is 0.309 e. The number of aliphatic hydroxyl groups excluding tert-OH is 1. The molecule has 4 heteroatoms. The van der Waals surface area contributed by atoms with Crippen LogP contribution in [-0.4, -0.2) is 33.0 Å². The summed E-state index contributed by atoms with van der Waals surface area (Å²) in [5.41, 5.74) is -0.522. The average molecular weight is 350 g/mol.